The molecule has 0 aliphatic carbocycles. The van der Waals surface area contributed by atoms with Crippen molar-refractivity contribution < 1.29 is 9.21 Å². The first kappa shape index (κ1) is 15.2. The minimum atomic E-state index is -0.0354. The lowest BCUT2D eigenvalue weighted by atomic mass is 10.2. The molecule has 0 bridgehead atoms. The summed E-state index contributed by atoms with van der Waals surface area (Å²) in [6.45, 7) is 5.41. The van der Waals surface area contributed by atoms with Gasteiger partial charge in [0.15, 0.2) is 0 Å². The van der Waals surface area contributed by atoms with E-state index in [0.717, 1.165) is 30.0 Å². The summed E-state index contributed by atoms with van der Waals surface area (Å²) in [5, 5.41) is 6.15. The van der Waals surface area contributed by atoms with E-state index in [0.29, 0.717) is 18.7 Å². The van der Waals surface area contributed by atoms with Crippen LogP contribution < -0.4 is 10.6 Å². The number of carbonyl (C=O) groups is 1. The Bertz CT molecular complexity index is 590. The van der Waals surface area contributed by atoms with Gasteiger partial charge in [-0.15, -0.1) is 0 Å². The van der Waals surface area contributed by atoms with Gasteiger partial charge in [-0.1, -0.05) is 19.9 Å². The maximum absolute atomic E-state index is 11.9. The van der Waals surface area contributed by atoms with Gasteiger partial charge in [0.25, 0.3) is 5.91 Å². The lowest BCUT2D eigenvalue weighted by Gasteiger charge is -2.07. The molecule has 0 saturated heterocycles. The fourth-order valence-corrected chi connectivity index (χ4v) is 2.01. The number of nitrogens with one attached hydrogen (secondary N) is 2. The Balaban J connectivity index is 1.95. The molecule has 1 aromatic heterocycles. The molecule has 0 aliphatic rings. The predicted octanol–water partition coefficient (Wildman–Crippen LogP) is 3.59. The van der Waals surface area contributed by atoms with Crippen LogP contribution in [0.4, 0.5) is 5.69 Å². The summed E-state index contributed by atoms with van der Waals surface area (Å²) < 4.78 is 5.64. The van der Waals surface area contributed by atoms with Gasteiger partial charge in [-0.3, -0.25) is 4.79 Å². The molecule has 0 radical (unpaired) electrons. The van der Waals surface area contributed by atoms with Crippen LogP contribution in [0.3, 0.4) is 0 Å². The summed E-state index contributed by atoms with van der Waals surface area (Å²) in [6.07, 6.45) is 1.83. The largest absolute Gasteiger partial charge is 0.464 e. The second-order valence-corrected chi connectivity index (χ2v) is 4.91. The third kappa shape index (κ3) is 4.38. The van der Waals surface area contributed by atoms with E-state index in [9.17, 15) is 4.79 Å². The van der Waals surface area contributed by atoms with Crippen LogP contribution >= 0.6 is 0 Å². The number of rotatable bonds is 7. The summed E-state index contributed by atoms with van der Waals surface area (Å²) >= 11 is 0. The second-order valence-electron chi connectivity index (χ2n) is 4.91. The number of anilines is 1. The van der Waals surface area contributed by atoms with Crippen LogP contribution in [0.2, 0.25) is 0 Å². The Kier molecular flexibility index (Phi) is 5.43. The molecule has 0 aliphatic heterocycles. The summed E-state index contributed by atoms with van der Waals surface area (Å²) in [6, 6.07) is 11.5. The number of benzene rings is 1. The quantitative estimate of drug-likeness (QED) is 0.817. The fraction of sp³-hybridized carbons (Fsp3) is 0.353. The molecule has 0 saturated carbocycles. The lowest BCUT2D eigenvalue weighted by Crippen LogP contribution is -2.23. The average Bonchev–Trinajstić information content (AvgIpc) is 2.99. The van der Waals surface area contributed by atoms with Crippen LogP contribution in [0.15, 0.2) is 40.8 Å². The smallest absolute Gasteiger partial charge is 0.251 e. The molecule has 112 valence electrons. The molecular formula is C17H22N2O2. The van der Waals surface area contributed by atoms with Gasteiger partial charge in [0, 0.05) is 24.2 Å². The van der Waals surface area contributed by atoms with Crippen LogP contribution in [-0.4, -0.2) is 12.5 Å². The second kappa shape index (κ2) is 7.53. The molecule has 0 fully saturated rings. The molecule has 0 atom stereocenters. The number of aryl methyl sites for hydroxylation is 1. The van der Waals surface area contributed by atoms with E-state index in [1.54, 1.807) is 0 Å². The van der Waals surface area contributed by atoms with Crippen molar-refractivity contribution in [2.75, 3.05) is 11.9 Å². The fourth-order valence-electron chi connectivity index (χ4n) is 2.01. The zero-order valence-corrected chi connectivity index (χ0v) is 12.6. The minimum absolute atomic E-state index is 0.0354. The summed E-state index contributed by atoms with van der Waals surface area (Å²) in [5.41, 5.74) is 1.58. The minimum Gasteiger partial charge on any atom is -0.464 e. The molecule has 4 nitrogen and oxygen atoms in total. The molecule has 2 rings (SSSR count). The Labute approximate surface area is 125 Å². The molecule has 1 amide bonds. The van der Waals surface area contributed by atoms with Crippen molar-refractivity contribution in [3.05, 3.63) is 53.5 Å². The normalized spacial score (nSPS) is 10.4. The zero-order valence-electron chi connectivity index (χ0n) is 12.6. The van der Waals surface area contributed by atoms with Crippen LogP contribution in [0, 0.1) is 0 Å². The molecule has 0 spiro atoms. The molecule has 1 aromatic carbocycles. The summed E-state index contributed by atoms with van der Waals surface area (Å²) in [7, 11) is 0. The van der Waals surface area contributed by atoms with E-state index in [4.69, 9.17) is 4.42 Å². The predicted molar refractivity (Wildman–Crippen MR) is 84.5 cm³/mol. The van der Waals surface area contributed by atoms with E-state index in [1.165, 1.54) is 0 Å². The Hall–Kier alpha value is -2.23. The topological polar surface area (TPSA) is 54.3 Å². The first-order valence-corrected chi connectivity index (χ1v) is 7.42. The number of hydrogen-bond donors (Lipinski definition) is 2. The first-order valence-electron chi connectivity index (χ1n) is 7.42. The van der Waals surface area contributed by atoms with Gasteiger partial charge in [0.05, 0.1) is 6.54 Å². The average molecular weight is 286 g/mol. The van der Waals surface area contributed by atoms with E-state index in [2.05, 4.69) is 17.6 Å². The maximum Gasteiger partial charge on any atom is 0.251 e. The highest BCUT2D eigenvalue weighted by Gasteiger charge is 2.06. The first-order chi connectivity index (χ1) is 10.2. The van der Waals surface area contributed by atoms with E-state index in [-0.39, 0.29) is 5.91 Å². The van der Waals surface area contributed by atoms with Crippen molar-refractivity contribution in [3.8, 4) is 0 Å². The van der Waals surface area contributed by atoms with Crippen LogP contribution in [0.25, 0.3) is 0 Å². The number of carbonyl (C=O) groups excluding carboxylic acids is 1. The molecule has 1 heterocycles. The van der Waals surface area contributed by atoms with Crippen molar-refractivity contribution in [1.29, 1.82) is 0 Å². The van der Waals surface area contributed by atoms with Crippen LogP contribution in [-0.2, 0) is 13.0 Å². The van der Waals surface area contributed by atoms with Crippen molar-refractivity contribution in [3.63, 3.8) is 0 Å². The van der Waals surface area contributed by atoms with Gasteiger partial charge in [-0.25, -0.2) is 0 Å². The van der Waals surface area contributed by atoms with Gasteiger partial charge in [0.2, 0.25) is 0 Å². The van der Waals surface area contributed by atoms with Gasteiger partial charge in [0.1, 0.15) is 11.5 Å². The summed E-state index contributed by atoms with van der Waals surface area (Å²) in [5.74, 6) is 1.85. The Morgan fingerprint density at radius 3 is 2.67 bits per heavy atom. The molecule has 0 unspecified atom stereocenters. The van der Waals surface area contributed by atoms with Crippen molar-refractivity contribution in [2.45, 2.75) is 33.2 Å². The SMILES string of the molecule is CCCNC(=O)c1cccc(NCc2ccc(CC)o2)c1. The van der Waals surface area contributed by atoms with E-state index in [1.807, 2.05) is 43.3 Å². The standard InChI is InChI=1S/C17H22N2O2/c1-3-10-18-17(20)13-6-5-7-14(11-13)19-12-16-9-8-15(4-2)21-16/h5-9,11,19H,3-4,10,12H2,1-2H3,(H,18,20). The number of amides is 1. The lowest BCUT2D eigenvalue weighted by molar-refractivity contribution is 0.0953. The zero-order chi connectivity index (χ0) is 15.1. The van der Waals surface area contributed by atoms with Crippen molar-refractivity contribution in [2.24, 2.45) is 0 Å². The monoisotopic (exact) mass is 286 g/mol. The Morgan fingerprint density at radius 2 is 1.95 bits per heavy atom. The number of furan rings is 1. The van der Waals surface area contributed by atoms with Gasteiger partial charge in [-0.2, -0.15) is 0 Å². The highest BCUT2D eigenvalue weighted by Crippen LogP contribution is 2.14. The van der Waals surface area contributed by atoms with Gasteiger partial charge >= 0.3 is 0 Å². The highest BCUT2D eigenvalue weighted by molar-refractivity contribution is 5.95. The molecule has 2 N–H and O–H groups in total. The highest BCUT2D eigenvalue weighted by atomic mass is 16.3. The van der Waals surface area contributed by atoms with Crippen molar-refractivity contribution in [1.82, 2.24) is 5.32 Å². The van der Waals surface area contributed by atoms with Gasteiger partial charge < -0.3 is 15.1 Å². The van der Waals surface area contributed by atoms with E-state index >= 15 is 0 Å². The van der Waals surface area contributed by atoms with E-state index < -0.39 is 0 Å². The maximum atomic E-state index is 11.9. The third-order valence-electron chi connectivity index (χ3n) is 3.19. The Morgan fingerprint density at radius 1 is 1.14 bits per heavy atom. The molecular weight excluding hydrogens is 264 g/mol. The van der Waals surface area contributed by atoms with Crippen molar-refractivity contribution >= 4 is 11.6 Å². The molecule has 21 heavy (non-hydrogen) atoms. The summed E-state index contributed by atoms with van der Waals surface area (Å²) in [4.78, 5) is 11.9. The van der Waals surface area contributed by atoms with Gasteiger partial charge in [-0.05, 0) is 36.8 Å². The molecule has 2 aromatic rings. The third-order valence-corrected chi connectivity index (χ3v) is 3.19. The molecule has 4 heteroatoms. The van der Waals surface area contributed by atoms with Crippen LogP contribution in [0.5, 0.6) is 0 Å². The van der Waals surface area contributed by atoms with Crippen LogP contribution in [0.1, 0.15) is 42.1 Å². The number of hydrogen-bond acceptors (Lipinski definition) is 3.